The van der Waals surface area contributed by atoms with Gasteiger partial charge in [0.05, 0.1) is 18.4 Å². The van der Waals surface area contributed by atoms with Gasteiger partial charge in [0.1, 0.15) is 0 Å². The first-order chi connectivity index (χ1) is 17.3. The average molecular weight is 488 g/mol. The molecule has 1 amide bonds. The lowest BCUT2D eigenvalue weighted by atomic mass is 10.0. The normalized spacial score (nSPS) is 11.4. The molecule has 6 nitrogen and oxygen atoms in total. The highest BCUT2D eigenvalue weighted by molar-refractivity contribution is 6.12. The maximum absolute atomic E-state index is 13.0. The summed E-state index contributed by atoms with van der Waals surface area (Å²) in [5, 5.41) is 9.01. The molecule has 1 N–H and O–H groups in total. The van der Waals surface area contributed by atoms with Crippen molar-refractivity contribution in [3.8, 4) is 23.1 Å². The van der Waals surface area contributed by atoms with Gasteiger partial charge in [0.2, 0.25) is 0 Å². The van der Waals surface area contributed by atoms with Crippen LogP contribution in [-0.4, -0.2) is 27.8 Å². The SMILES string of the molecule is COc1nc(-c2ccc(C(F)(F)F)cc2)n(-c2ccc(NC(=O)c3cccc4ccccc34)cc2)n1. The van der Waals surface area contributed by atoms with Crippen LogP contribution in [0.15, 0.2) is 91.0 Å². The minimum atomic E-state index is -4.43. The molecule has 0 fully saturated rings. The molecule has 0 atom stereocenters. The summed E-state index contributed by atoms with van der Waals surface area (Å²) in [5.41, 5.74) is 1.40. The number of benzene rings is 4. The average Bonchev–Trinajstić information content (AvgIpc) is 3.33. The summed E-state index contributed by atoms with van der Waals surface area (Å²) in [6, 6.07) is 24.8. The van der Waals surface area contributed by atoms with Crippen LogP contribution in [0.2, 0.25) is 0 Å². The number of carbonyl (C=O) groups excluding carboxylic acids is 1. The third kappa shape index (κ3) is 4.50. The number of aromatic nitrogens is 3. The highest BCUT2D eigenvalue weighted by Crippen LogP contribution is 2.31. The zero-order valence-corrected chi connectivity index (χ0v) is 19.0. The smallest absolute Gasteiger partial charge is 0.416 e. The van der Waals surface area contributed by atoms with E-state index in [4.69, 9.17) is 4.74 Å². The topological polar surface area (TPSA) is 69.0 Å². The number of anilines is 1. The quantitative estimate of drug-likeness (QED) is 0.312. The first-order valence-corrected chi connectivity index (χ1v) is 10.9. The van der Waals surface area contributed by atoms with Gasteiger partial charge in [-0.1, -0.05) is 48.5 Å². The number of ether oxygens (including phenoxy) is 1. The molecular formula is C27H19F3N4O2. The molecule has 36 heavy (non-hydrogen) atoms. The summed E-state index contributed by atoms with van der Waals surface area (Å²) < 4.78 is 45.5. The van der Waals surface area contributed by atoms with Crippen LogP contribution >= 0.6 is 0 Å². The van der Waals surface area contributed by atoms with Gasteiger partial charge in [0.25, 0.3) is 5.91 Å². The molecule has 9 heteroatoms. The Morgan fingerprint density at radius 1 is 0.889 bits per heavy atom. The van der Waals surface area contributed by atoms with Gasteiger partial charge in [-0.3, -0.25) is 4.79 Å². The van der Waals surface area contributed by atoms with Crippen LogP contribution in [0, 0.1) is 0 Å². The van der Waals surface area contributed by atoms with E-state index in [1.165, 1.54) is 23.9 Å². The first kappa shape index (κ1) is 23.1. The molecular weight excluding hydrogens is 469 g/mol. The van der Waals surface area contributed by atoms with Gasteiger partial charge >= 0.3 is 12.2 Å². The molecule has 1 heterocycles. The molecule has 0 spiro atoms. The zero-order chi connectivity index (χ0) is 25.3. The Balaban J connectivity index is 1.42. The van der Waals surface area contributed by atoms with Crippen LogP contribution in [0.4, 0.5) is 18.9 Å². The van der Waals surface area contributed by atoms with Crippen LogP contribution in [0.1, 0.15) is 15.9 Å². The Labute approximate surface area is 204 Å². The van der Waals surface area contributed by atoms with Crippen molar-refractivity contribution in [2.75, 3.05) is 12.4 Å². The van der Waals surface area contributed by atoms with Gasteiger partial charge in [-0.25, -0.2) is 4.68 Å². The standard InChI is InChI=1S/C27H19F3N4O2/c1-36-26-32-24(18-9-11-19(12-10-18)27(28,29)30)34(33-26)21-15-13-20(14-16-21)31-25(35)23-8-4-6-17-5-2-3-7-22(17)23/h2-16H,1H3,(H,31,35). The second kappa shape index (κ2) is 9.18. The third-order valence-corrected chi connectivity index (χ3v) is 5.64. The molecule has 4 aromatic carbocycles. The van der Waals surface area contributed by atoms with Gasteiger partial charge in [-0.15, -0.1) is 5.10 Å². The minimum Gasteiger partial charge on any atom is -0.466 e. The lowest BCUT2D eigenvalue weighted by molar-refractivity contribution is -0.137. The van der Waals surface area contributed by atoms with Gasteiger partial charge in [-0.05, 0) is 53.2 Å². The maximum atomic E-state index is 13.0. The van der Waals surface area contributed by atoms with Gasteiger partial charge in [-0.2, -0.15) is 18.2 Å². The zero-order valence-electron chi connectivity index (χ0n) is 19.0. The van der Waals surface area contributed by atoms with Crippen LogP contribution in [0.25, 0.3) is 27.8 Å². The molecule has 5 rings (SSSR count). The molecule has 180 valence electrons. The summed E-state index contributed by atoms with van der Waals surface area (Å²) in [4.78, 5) is 17.2. The summed E-state index contributed by atoms with van der Waals surface area (Å²) >= 11 is 0. The van der Waals surface area contributed by atoms with E-state index >= 15 is 0 Å². The van der Waals surface area contributed by atoms with Crippen molar-refractivity contribution in [2.24, 2.45) is 0 Å². The predicted molar refractivity (Wildman–Crippen MR) is 130 cm³/mol. The lowest BCUT2D eigenvalue weighted by Gasteiger charge is -2.10. The molecule has 5 aromatic rings. The van der Waals surface area contributed by atoms with Crippen LogP contribution in [-0.2, 0) is 6.18 Å². The van der Waals surface area contributed by atoms with Gasteiger partial charge in [0.15, 0.2) is 5.82 Å². The highest BCUT2D eigenvalue weighted by Gasteiger charge is 2.30. The number of nitrogens with zero attached hydrogens (tertiary/aromatic N) is 3. The van der Waals surface area contributed by atoms with Crippen molar-refractivity contribution in [2.45, 2.75) is 6.18 Å². The van der Waals surface area contributed by atoms with E-state index in [0.29, 0.717) is 28.3 Å². The van der Waals surface area contributed by atoms with Crippen molar-refractivity contribution in [3.05, 3.63) is 102 Å². The summed E-state index contributed by atoms with van der Waals surface area (Å²) in [7, 11) is 1.40. The Kier molecular flexibility index (Phi) is 5.89. The number of hydrogen-bond acceptors (Lipinski definition) is 4. The van der Waals surface area contributed by atoms with E-state index in [9.17, 15) is 18.0 Å². The van der Waals surface area contributed by atoms with Crippen LogP contribution in [0.3, 0.4) is 0 Å². The third-order valence-electron chi connectivity index (χ3n) is 5.64. The fourth-order valence-electron chi connectivity index (χ4n) is 3.86. The van der Waals surface area contributed by atoms with Gasteiger partial charge < -0.3 is 10.1 Å². The number of amides is 1. The van der Waals surface area contributed by atoms with E-state index in [-0.39, 0.29) is 11.9 Å². The maximum Gasteiger partial charge on any atom is 0.416 e. The molecule has 0 aliphatic carbocycles. The van der Waals surface area contributed by atoms with Crippen LogP contribution < -0.4 is 10.1 Å². The number of halogens is 3. The number of hydrogen-bond donors (Lipinski definition) is 1. The number of methoxy groups -OCH3 is 1. The molecule has 1 aromatic heterocycles. The lowest BCUT2D eigenvalue weighted by Crippen LogP contribution is -2.12. The molecule has 0 bridgehead atoms. The number of nitrogens with one attached hydrogen (secondary N) is 1. The second-order valence-electron chi connectivity index (χ2n) is 7.94. The van der Waals surface area contributed by atoms with Crippen molar-refractivity contribution in [1.82, 2.24) is 14.8 Å². The minimum absolute atomic E-state index is 0.0678. The Morgan fingerprint density at radius 2 is 1.58 bits per heavy atom. The fourth-order valence-corrected chi connectivity index (χ4v) is 3.86. The molecule has 0 saturated carbocycles. The summed E-state index contributed by atoms with van der Waals surface area (Å²) in [5.74, 6) is 0.0699. The van der Waals surface area contributed by atoms with Crippen molar-refractivity contribution in [3.63, 3.8) is 0 Å². The fraction of sp³-hybridized carbons (Fsp3) is 0.0741. The highest BCUT2D eigenvalue weighted by atomic mass is 19.4. The Hall–Kier alpha value is -4.66. The van der Waals surface area contributed by atoms with Gasteiger partial charge in [0, 0.05) is 16.8 Å². The number of rotatable bonds is 5. The van der Waals surface area contributed by atoms with Crippen molar-refractivity contribution >= 4 is 22.4 Å². The molecule has 0 saturated heterocycles. The van der Waals surface area contributed by atoms with E-state index < -0.39 is 11.7 Å². The Morgan fingerprint density at radius 3 is 2.28 bits per heavy atom. The number of fused-ring (bicyclic) bond motifs is 1. The molecule has 0 aliphatic heterocycles. The summed E-state index contributed by atoms with van der Waals surface area (Å²) in [6.45, 7) is 0. The second-order valence-corrected chi connectivity index (χ2v) is 7.94. The molecule has 0 unspecified atom stereocenters. The predicted octanol–water partition coefficient (Wildman–Crippen LogP) is 6.37. The van der Waals surface area contributed by atoms with E-state index in [2.05, 4.69) is 15.4 Å². The summed E-state index contributed by atoms with van der Waals surface area (Å²) in [6.07, 6.45) is -4.43. The van der Waals surface area contributed by atoms with E-state index in [1.807, 2.05) is 36.4 Å². The van der Waals surface area contributed by atoms with Crippen LogP contribution in [0.5, 0.6) is 6.01 Å². The van der Waals surface area contributed by atoms with Crippen molar-refractivity contribution < 1.29 is 22.7 Å². The molecule has 0 radical (unpaired) electrons. The number of alkyl halides is 3. The Bertz CT molecular complexity index is 1540. The largest absolute Gasteiger partial charge is 0.466 e. The van der Waals surface area contributed by atoms with Crippen molar-refractivity contribution in [1.29, 1.82) is 0 Å². The van der Waals surface area contributed by atoms with E-state index in [1.54, 1.807) is 30.3 Å². The monoisotopic (exact) mass is 488 g/mol. The molecule has 0 aliphatic rings. The first-order valence-electron chi connectivity index (χ1n) is 10.9. The van der Waals surface area contributed by atoms with E-state index in [0.717, 1.165) is 22.9 Å². The number of carbonyl (C=O) groups is 1.